The lowest BCUT2D eigenvalue weighted by molar-refractivity contribution is -0.137. The molecule has 2 rings (SSSR count). The van der Waals surface area contributed by atoms with Gasteiger partial charge in [-0.3, -0.25) is 19.2 Å². The minimum atomic E-state index is -1.17. The van der Waals surface area contributed by atoms with E-state index in [0.717, 1.165) is 25.7 Å². The first kappa shape index (κ1) is 21.9. The molecule has 0 bridgehead atoms. The molecule has 1 aliphatic carbocycles. The smallest absolute Gasteiger partial charge is 0.322 e. The Hall–Kier alpha value is -2.36. The third-order valence-electron chi connectivity index (χ3n) is 4.57. The van der Waals surface area contributed by atoms with Crippen molar-refractivity contribution in [2.24, 2.45) is 5.92 Å². The highest BCUT2D eigenvalue weighted by molar-refractivity contribution is 9.10. The van der Waals surface area contributed by atoms with Crippen molar-refractivity contribution < 1.29 is 28.7 Å². The number of carboxylic acid groups (broad SMARTS) is 1. The van der Waals surface area contributed by atoms with Gasteiger partial charge in [0, 0.05) is 0 Å². The maximum Gasteiger partial charge on any atom is 0.322 e. The number of hydrogen-bond acceptors (Lipinski definition) is 5. The number of amides is 3. The summed E-state index contributed by atoms with van der Waals surface area (Å²) in [5.74, 6) is -2.41. The minimum absolute atomic E-state index is 0.0764. The van der Waals surface area contributed by atoms with Crippen molar-refractivity contribution >= 4 is 39.6 Å². The number of rotatable bonds is 9. The van der Waals surface area contributed by atoms with Crippen LogP contribution in [0.25, 0.3) is 0 Å². The van der Waals surface area contributed by atoms with E-state index in [1.165, 1.54) is 12.5 Å². The van der Waals surface area contributed by atoms with E-state index in [1.54, 1.807) is 6.07 Å². The molecule has 9 nitrogen and oxygen atoms in total. The van der Waals surface area contributed by atoms with Gasteiger partial charge in [-0.2, -0.15) is 0 Å². The summed E-state index contributed by atoms with van der Waals surface area (Å²) < 4.78 is 5.63. The van der Waals surface area contributed by atoms with Gasteiger partial charge in [-0.15, -0.1) is 0 Å². The molecule has 0 spiro atoms. The van der Waals surface area contributed by atoms with E-state index < -0.39 is 36.3 Å². The van der Waals surface area contributed by atoms with Crippen LogP contribution in [-0.2, 0) is 14.4 Å². The van der Waals surface area contributed by atoms with E-state index in [-0.39, 0.29) is 12.3 Å². The van der Waals surface area contributed by atoms with E-state index in [2.05, 4.69) is 31.9 Å². The first-order chi connectivity index (χ1) is 13.3. The molecule has 154 valence electrons. The van der Waals surface area contributed by atoms with Crippen molar-refractivity contribution in [3.63, 3.8) is 0 Å². The van der Waals surface area contributed by atoms with Crippen molar-refractivity contribution in [2.75, 3.05) is 13.1 Å². The molecule has 4 N–H and O–H groups in total. The fraction of sp³-hybridized carbons (Fsp3) is 0.556. The highest BCUT2D eigenvalue weighted by Gasteiger charge is 2.27. The van der Waals surface area contributed by atoms with Gasteiger partial charge in [0.15, 0.2) is 10.4 Å². The number of furan rings is 1. The molecule has 1 aromatic rings. The molecular weight excluding hydrogens is 434 g/mol. The Morgan fingerprint density at radius 1 is 1.11 bits per heavy atom. The second-order valence-electron chi connectivity index (χ2n) is 6.76. The van der Waals surface area contributed by atoms with Crippen LogP contribution >= 0.6 is 15.9 Å². The summed E-state index contributed by atoms with van der Waals surface area (Å²) >= 11 is 3.13. The van der Waals surface area contributed by atoms with Gasteiger partial charge in [-0.05, 0) is 40.4 Å². The van der Waals surface area contributed by atoms with Crippen LogP contribution in [0.3, 0.4) is 0 Å². The molecule has 1 aromatic heterocycles. The second kappa shape index (κ2) is 10.8. The van der Waals surface area contributed by atoms with E-state index in [9.17, 15) is 19.2 Å². The van der Waals surface area contributed by atoms with Crippen molar-refractivity contribution in [3.05, 3.63) is 22.6 Å². The Balaban J connectivity index is 1.95. The summed E-state index contributed by atoms with van der Waals surface area (Å²) in [6.45, 7) is -0.889. The van der Waals surface area contributed by atoms with Gasteiger partial charge in [0.2, 0.25) is 11.8 Å². The van der Waals surface area contributed by atoms with Gasteiger partial charge >= 0.3 is 5.97 Å². The summed E-state index contributed by atoms with van der Waals surface area (Å²) in [6.07, 6.45) is 5.81. The fourth-order valence-corrected chi connectivity index (χ4v) is 3.49. The summed E-state index contributed by atoms with van der Waals surface area (Å²) in [6, 6.07) is 2.26. The van der Waals surface area contributed by atoms with Crippen LogP contribution in [0.4, 0.5) is 0 Å². The van der Waals surface area contributed by atoms with Gasteiger partial charge in [0.25, 0.3) is 5.91 Å². The zero-order valence-electron chi connectivity index (χ0n) is 15.3. The number of aliphatic carboxylic acids is 1. The lowest BCUT2D eigenvalue weighted by atomic mass is 9.84. The Kier molecular flexibility index (Phi) is 8.49. The van der Waals surface area contributed by atoms with Crippen LogP contribution in [0.1, 0.15) is 49.1 Å². The Morgan fingerprint density at radius 2 is 1.82 bits per heavy atom. The number of hydrogen-bond donors (Lipinski definition) is 4. The molecular formula is C18H24BrN3O6. The Bertz CT molecular complexity index is 714. The standard InChI is InChI=1S/C18H24BrN3O6/c19-14-7-6-13(28-14)18(27)22-12(8-11-4-2-1-3-5-11)17(26)21-9-15(23)20-10-16(24)25/h6-7,11-12H,1-5,8-10H2,(H,20,23)(H,21,26)(H,22,27)(H,24,25)/t12-/m0/s1. The summed E-state index contributed by atoms with van der Waals surface area (Å²) in [4.78, 5) is 47.0. The SMILES string of the molecule is O=C(O)CNC(=O)CNC(=O)[C@H](CC1CCCCC1)NC(=O)c1ccc(Br)o1. The van der Waals surface area contributed by atoms with Gasteiger partial charge < -0.3 is 25.5 Å². The third kappa shape index (κ3) is 7.34. The molecule has 1 saturated carbocycles. The average molecular weight is 458 g/mol. The van der Waals surface area contributed by atoms with Crippen LogP contribution in [-0.4, -0.2) is 47.9 Å². The van der Waals surface area contributed by atoms with Crippen LogP contribution in [0, 0.1) is 5.92 Å². The van der Waals surface area contributed by atoms with E-state index in [1.807, 2.05) is 0 Å². The lowest BCUT2D eigenvalue weighted by Gasteiger charge is -2.26. The normalized spacial score (nSPS) is 15.5. The van der Waals surface area contributed by atoms with E-state index >= 15 is 0 Å². The predicted molar refractivity (Wildman–Crippen MR) is 103 cm³/mol. The van der Waals surface area contributed by atoms with Crippen LogP contribution in [0.2, 0.25) is 0 Å². The molecule has 28 heavy (non-hydrogen) atoms. The summed E-state index contributed by atoms with van der Waals surface area (Å²) in [5, 5.41) is 15.9. The average Bonchev–Trinajstić information content (AvgIpc) is 3.11. The summed E-state index contributed by atoms with van der Waals surface area (Å²) in [5.41, 5.74) is 0. The van der Waals surface area contributed by atoms with E-state index in [0.29, 0.717) is 17.0 Å². The zero-order chi connectivity index (χ0) is 20.5. The molecule has 3 amide bonds. The van der Waals surface area contributed by atoms with Crippen LogP contribution in [0.5, 0.6) is 0 Å². The van der Waals surface area contributed by atoms with Crippen molar-refractivity contribution in [2.45, 2.75) is 44.6 Å². The molecule has 1 atom stereocenters. The minimum Gasteiger partial charge on any atom is -0.480 e. The van der Waals surface area contributed by atoms with Gasteiger partial charge in [0.05, 0.1) is 6.54 Å². The third-order valence-corrected chi connectivity index (χ3v) is 5.00. The van der Waals surface area contributed by atoms with Gasteiger partial charge in [-0.25, -0.2) is 0 Å². The highest BCUT2D eigenvalue weighted by Crippen LogP contribution is 2.27. The lowest BCUT2D eigenvalue weighted by Crippen LogP contribution is -2.50. The van der Waals surface area contributed by atoms with Crippen LogP contribution < -0.4 is 16.0 Å². The van der Waals surface area contributed by atoms with E-state index in [4.69, 9.17) is 9.52 Å². The molecule has 0 saturated heterocycles. The molecule has 1 heterocycles. The number of carbonyl (C=O) groups excluding carboxylic acids is 3. The molecule has 0 aromatic carbocycles. The Labute approximate surface area is 170 Å². The topological polar surface area (TPSA) is 138 Å². The summed E-state index contributed by atoms with van der Waals surface area (Å²) in [7, 11) is 0. The monoisotopic (exact) mass is 457 g/mol. The highest BCUT2D eigenvalue weighted by atomic mass is 79.9. The maximum absolute atomic E-state index is 12.6. The zero-order valence-corrected chi connectivity index (χ0v) is 16.9. The number of carbonyl (C=O) groups is 4. The van der Waals surface area contributed by atoms with Crippen LogP contribution in [0.15, 0.2) is 21.2 Å². The Morgan fingerprint density at radius 3 is 2.43 bits per heavy atom. The first-order valence-electron chi connectivity index (χ1n) is 9.17. The second-order valence-corrected chi connectivity index (χ2v) is 7.54. The molecule has 0 aliphatic heterocycles. The van der Waals surface area contributed by atoms with Crippen molar-refractivity contribution in [1.29, 1.82) is 0 Å². The van der Waals surface area contributed by atoms with Crippen molar-refractivity contribution in [3.8, 4) is 0 Å². The van der Waals surface area contributed by atoms with Gasteiger partial charge in [0.1, 0.15) is 12.6 Å². The molecule has 1 aliphatic rings. The fourth-order valence-electron chi connectivity index (χ4n) is 3.18. The molecule has 0 radical (unpaired) electrons. The first-order valence-corrected chi connectivity index (χ1v) is 9.97. The largest absolute Gasteiger partial charge is 0.480 e. The maximum atomic E-state index is 12.6. The van der Waals surface area contributed by atoms with Gasteiger partial charge in [-0.1, -0.05) is 32.1 Å². The molecule has 1 fully saturated rings. The number of nitrogens with one attached hydrogen (secondary N) is 3. The quantitative estimate of drug-likeness (QED) is 0.442. The number of halogens is 1. The predicted octanol–water partition coefficient (Wildman–Crippen LogP) is 1.43. The molecule has 0 unspecified atom stereocenters. The number of carboxylic acids is 1. The van der Waals surface area contributed by atoms with Crippen molar-refractivity contribution in [1.82, 2.24) is 16.0 Å². The molecule has 10 heteroatoms.